The summed E-state index contributed by atoms with van der Waals surface area (Å²) in [7, 11) is 0. The molecule has 86 valence electrons. The van der Waals surface area contributed by atoms with Crippen molar-refractivity contribution in [2.75, 3.05) is 0 Å². The van der Waals surface area contributed by atoms with Crippen molar-refractivity contribution in [1.29, 1.82) is 0 Å². The van der Waals surface area contributed by atoms with Crippen LogP contribution in [0.1, 0.15) is 56.7 Å². The second-order valence-electron chi connectivity index (χ2n) is 4.22. The first-order valence-corrected chi connectivity index (χ1v) is 5.50. The molecular weight excluding hydrogens is 206 g/mol. The fraction of sp³-hybridized carbons (Fsp3) is 0.538. The van der Waals surface area contributed by atoms with Gasteiger partial charge in [0, 0.05) is 6.04 Å². The number of rotatable bonds is 4. The third-order valence-electron chi connectivity index (χ3n) is 2.63. The summed E-state index contributed by atoms with van der Waals surface area (Å²) < 4.78 is 0. The molecule has 1 nitrogen and oxygen atoms in total. The Labute approximate surface area is 99.5 Å². The molecule has 2 N–H and O–H groups in total. The summed E-state index contributed by atoms with van der Waals surface area (Å²) in [6.45, 7) is 6.59. The summed E-state index contributed by atoms with van der Waals surface area (Å²) in [6, 6.07) is 8.91. The molecule has 2 heteroatoms. The van der Waals surface area contributed by atoms with Crippen molar-refractivity contribution in [1.82, 2.24) is 0 Å². The molecule has 1 rings (SSSR count). The van der Waals surface area contributed by atoms with E-state index >= 15 is 0 Å². The molecule has 0 heterocycles. The van der Waals surface area contributed by atoms with Crippen LogP contribution in [0.25, 0.3) is 0 Å². The van der Waals surface area contributed by atoms with Gasteiger partial charge in [0.1, 0.15) is 0 Å². The summed E-state index contributed by atoms with van der Waals surface area (Å²) >= 11 is 0. The number of halogens is 1. The maximum Gasteiger partial charge on any atom is 0.0294 e. The molecule has 1 aromatic carbocycles. The van der Waals surface area contributed by atoms with Gasteiger partial charge < -0.3 is 5.73 Å². The molecule has 0 aliphatic carbocycles. The molecule has 0 aromatic heterocycles. The van der Waals surface area contributed by atoms with Crippen LogP contribution in [0.5, 0.6) is 0 Å². The van der Waals surface area contributed by atoms with Gasteiger partial charge in [0.25, 0.3) is 0 Å². The number of nitrogens with two attached hydrogens (primary N) is 1. The molecule has 0 saturated carbocycles. The highest BCUT2D eigenvalue weighted by Crippen LogP contribution is 2.19. The predicted octanol–water partition coefficient (Wildman–Crippen LogP) is 4.03. The summed E-state index contributed by atoms with van der Waals surface area (Å²) in [5.74, 6) is 0.603. The minimum atomic E-state index is 0. The Morgan fingerprint density at radius 1 is 1.07 bits per heavy atom. The Hall–Kier alpha value is -0.530. The van der Waals surface area contributed by atoms with E-state index in [1.807, 2.05) is 0 Å². The molecule has 0 aliphatic rings. The zero-order chi connectivity index (χ0) is 10.6. The number of benzene rings is 1. The van der Waals surface area contributed by atoms with Crippen molar-refractivity contribution >= 4 is 12.4 Å². The van der Waals surface area contributed by atoms with Gasteiger partial charge in [-0.25, -0.2) is 0 Å². The first-order chi connectivity index (χ1) is 6.65. The van der Waals surface area contributed by atoms with Crippen LogP contribution in [-0.2, 0) is 0 Å². The van der Waals surface area contributed by atoms with Crippen molar-refractivity contribution in [3.8, 4) is 0 Å². The molecule has 1 aromatic rings. The van der Waals surface area contributed by atoms with Crippen molar-refractivity contribution < 1.29 is 0 Å². The molecular formula is C13H22ClN. The van der Waals surface area contributed by atoms with Crippen LogP contribution in [0, 0.1) is 0 Å². The lowest BCUT2D eigenvalue weighted by Gasteiger charge is -2.12. The van der Waals surface area contributed by atoms with E-state index in [2.05, 4.69) is 45.0 Å². The van der Waals surface area contributed by atoms with Gasteiger partial charge in [-0.3, -0.25) is 0 Å². The summed E-state index contributed by atoms with van der Waals surface area (Å²) in [5.41, 5.74) is 8.68. The highest BCUT2D eigenvalue weighted by Gasteiger charge is 2.05. The van der Waals surface area contributed by atoms with E-state index < -0.39 is 0 Å². The second-order valence-corrected chi connectivity index (χ2v) is 4.22. The van der Waals surface area contributed by atoms with E-state index in [0.29, 0.717) is 5.92 Å². The summed E-state index contributed by atoms with van der Waals surface area (Å²) in [6.07, 6.45) is 2.22. The Morgan fingerprint density at radius 3 is 1.93 bits per heavy atom. The van der Waals surface area contributed by atoms with E-state index in [9.17, 15) is 0 Å². The molecule has 0 fully saturated rings. The van der Waals surface area contributed by atoms with Crippen molar-refractivity contribution in [3.05, 3.63) is 35.4 Å². The normalized spacial score (nSPS) is 12.3. The Balaban J connectivity index is 0.00000196. The lowest BCUT2D eigenvalue weighted by atomic mass is 9.98. The maximum absolute atomic E-state index is 6.03. The number of hydrogen-bond acceptors (Lipinski definition) is 1. The third-order valence-corrected chi connectivity index (χ3v) is 2.63. The largest absolute Gasteiger partial charge is 0.324 e. The van der Waals surface area contributed by atoms with Crippen LogP contribution in [0.2, 0.25) is 0 Å². The molecule has 0 spiro atoms. The Morgan fingerprint density at radius 2 is 1.53 bits per heavy atom. The predicted molar refractivity (Wildman–Crippen MR) is 69.6 cm³/mol. The Kier molecular flexibility index (Phi) is 6.62. The van der Waals surface area contributed by atoms with Gasteiger partial charge in [0.05, 0.1) is 0 Å². The van der Waals surface area contributed by atoms with Crippen LogP contribution < -0.4 is 5.73 Å². The average Bonchev–Trinajstić information content (AvgIpc) is 2.18. The Bertz CT molecular complexity index is 266. The maximum atomic E-state index is 6.03. The van der Waals surface area contributed by atoms with Crippen molar-refractivity contribution in [3.63, 3.8) is 0 Å². The van der Waals surface area contributed by atoms with Crippen LogP contribution in [0.3, 0.4) is 0 Å². The van der Waals surface area contributed by atoms with Gasteiger partial charge in [0.15, 0.2) is 0 Å². The van der Waals surface area contributed by atoms with Crippen molar-refractivity contribution in [2.45, 2.75) is 45.6 Å². The minimum Gasteiger partial charge on any atom is -0.324 e. The topological polar surface area (TPSA) is 26.0 Å². The quantitative estimate of drug-likeness (QED) is 0.826. The molecule has 0 saturated heterocycles. The van der Waals surface area contributed by atoms with Gasteiger partial charge >= 0.3 is 0 Å². The molecule has 0 bridgehead atoms. The molecule has 0 aliphatic heterocycles. The van der Waals surface area contributed by atoms with E-state index in [4.69, 9.17) is 5.73 Å². The molecule has 15 heavy (non-hydrogen) atoms. The standard InChI is InChI=1S/C13H21N.ClH/c1-4-5-13(14)12-8-6-11(7-9-12)10(2)3;/h6-10,13H,4-5,14H2,1-3H3;1H/t13-;/m0./s1. The van der Waals surface area contributed by atoms with Gasteiger partial charge in [0.2, 0.25) is 0 Å². The average molecular weight is 228 g/mol. The highest BCUT2D eigenvalue weighted by atomic mass is 35.5. The summed E-state index contributed by atoms with van der Waals surface area (Å²) in [4.78, 5) is 0. The van der Waals surface area contributed by atoms with Crippen LogP contribution >= 0.6 is 12.4 Å². The minimum absolute atomic E-state index is 0. The SMILES string of the molecule is CCC[C@H](N)c1ccc(C(C)C)cc1.Cl. The lowest BCUT2D eigenvalue weighted by Crippen LogP contribution is -2.09. The molecule has 0 amide bonds. The molecule has 1 atom stereocenters. The first-order valence-electron chi connectivity index (χ1n) is 5.50. The zero-order valence-corrected chi connectivity index (χ0v) is 10.7. The van der Waals surface area contributed by atoms with Gasteiger partial charge in [-0.2, -0.15) is 0 Å². The van der Waals surface area contributed by atoms with E-state index in [1.165, 1.54) is 11.1 Å². The third kappa shape index (κ3) is 4.23. The van der Waals surface area contributed by atoms with Crippen LogP contribution in [0.4, 0.5) is 0 Å². The fourth-order valence-corrected chi connectivity index (χ4v) is 1.61. The van der Waals surface area contributed by atoms with E-state index in [0.717, 1.165) is 12.8 Å². The van der Waals surface area contributed by atoms with E-state index in [-0.39, 0.29) is 18.4 Å². The zero-order valence-electron chi connectivity index (χ0n) is 9.86. The fourth-order valence-electron chi connectivity index (χ4n) is 1.61. The van der Waals surface area contributed by atoms with Gasteiger partial charge in [-0.15, -0.1) is 12.4 Å². The highest BCUT2D eigenvalue weighted by molar-refractivity contribution is 5.85. The smallest absolute Gasteiger partial charge is 0.0294 e. The molecule has 0 radical (unpaired) electrons. The molecule has 0 unspecified atom stereocenters. The van der Waals surface area contributed by atoms with Gasteiger partial charge in [-0.05, 0) is 23.5 Å². The van der Waals surface area contributed by atoms with Crippen molar-refractivity contribution in [2.24, 2.45) is 5.73 Å². The number of hydrogen-bond donors (Lipinski definition) is 1. The lowest BCUT2D eigenvalue weighted by molar-refractivity contribution is 0.638. The summed E-state index contributed by atoms with van der Waals surface area (Å²) in [5, 5.41) is 0. The van der Waals surface area contributed by atoms with Gasteiger partial charge in [-0.1, -0.05) is 51.5 Å². The van der Waals surface area contributed by atoms with Crippen LogP contribution in [0.15, 0.2) is 24.3 Å². The van der Waals surface area contributed by atoms with E-state index in [1.54, 1.807) is 0 Å². The van der Waals surface area contributed by atoms with Crippen LogP contribution in [-0.4, -0.2) is 0 Å². The monoisotopic (exact) mass is 227 g/mol. The first kappa shape index (κ1) is 14.5. The second kappa shape index (κ2) is 6.86.